The normalized spacial score (nSPS) is 10.7. The summed E-state index contributed by atoms with van der Waals surface area (Å²) in [6.07, 6.45) is 1.20. The summed E-state index contributed by atoms with van der Waals surface area (Å²) in [6, 6.07) is 4.61. The topological polar surface area (TPSA) is 114 Å². The van der Waals surface area contributed by atoms with E-state index in [4.69, 9.17) is 11.6 Å². The first-order valence-corrected chi connectivity index (χ1v) is 11.4. The molecule has 1 aromatic carbocycles. The van der Waals surface area contributed by atoms with Crippen LogP contribution in [0.2, 0.25) is 5.02 Å². The molecule has 0 aliphatic heterocycles. The molecule has 0 saturated carbocycles. The number of hydrogen-bond acceptors (Lipinski definition) is 7. The number of unbranched alkanes of at least 4 members (excludes halogenated alkanes) is 1. The van der Waals surface area contributed by atoms with Crippen molar-refractivity contribution in [2.24, 2.45) is 0 Å². The third kappa shape index (κ3) is 6.73. The number of thiazole rings is 1. The van der Waals surface area contributed by atoms with Crippen LogP contribution in [0.1, 0.15) is 37.4 Å². The second kappa shape index (κ2) is 10.4. The van der Waals surface area contributed by atoms with Crippen molar-refractivity contribution in [3.8, 4) is 11.8 Å². The van der Waals surface area contributed by atoms with Gasteiger partial charge in [0.1, 0.15) is 0 Å². The van der Waals surface area contributed by atoms with Gasteiger partial charge in [-0.1, -0.05) is 34.8 Å². The van der Waals surface area contributed by atoms with Gasteiger partial charge in [-0.05, 0) is 31.5 Å². The first-order chi connectivity index (χ1) is 14.1. The van der Waals surface area contributed by atoms with E-state index in [1.54, 1.807) is 19.1 Å². The molecule has 0 fully saturated rings. The second-order valence-corrected chi connectivity index (χ2v) is 9.41. The number of esters is 1. The van der Waals surface area contributed by atoms with Gasteiger partial charge in [0, 0.05) is 24.8 Å². The predicted molar refractivity (Wildman–Crippen MR) is 116 cm³/mol. The number of ether oxygens (including phenoxy) is 1. The van der Waals surface area contributed by atoms with E-state index in [2.05, 4.69) is 31.6 Å². The highest BCUT2D eigenvalue weighted by Gasteiger charge is 2.23. The lowest BCUT2D eigenvalue weighted by Crippen LogP contribution is -2.13. The lowest BCUT2D eigenvalue weighted by atomic mass is 10.1. The zero-order chi connectivity index (χ0) is 22.3. The minimum atomic E-state index is -3.96. The maximum absolute atomic E-state index is 12.9. The van der Waals surface area contributed by atoms with Gasteiger partial charge in [-0.25, -0.2) is 13.4 Å². The van der Waals surface area contributed by atoms with Gasteiger partial charge in [0.25, 0.3) is 10.0 Å². The van der Waals surface area contributed by atoms with Crippen molar-refractivity contribution in [2.45, 2.75) is 37.3 Å². The van der Waals surface area contributed by atoms with Crippen LogP contribution in [-0.4, -0.2) is 32.4 Å². The van der Waals surface area contributed by atoms with Crippen LogP contribution in [0.15, 0.2) is 22.4 Å². The summed E-state index contributed by atoms with van der Waals surface area (Å²) in [5.41, 5.74) is 0.919. The number of aromatic nitrogens is 1. The minimum Gasteiger partial charge on any atom is -0.469 e. The fourth-order valence-electron chi connectivity index (χ4n) is 2.32. The summed E-state index contributed by atoms with van der Waals surface area (Å²) in [5, 5.41) is 3.07. The van der Waals surface area contributed by atoms with Gasteiger partial charge in [0.05, 0.1) is 24.1 Å². The molecule has 0 aliphatic rings. The first-order valence-electron chi connectivity index (χ1n) is 8.75. The Morgan fingerprint density at radius 3 is 2.73 bits per heavy atom. The SMILES string of the molecule is COC(=O)CCCC#Cc1cc(Cl)ccc1NS(=O)(=O)c1sc(NC(C)=O)nc1C. The van der Waals surface area contributed by atoms with Crippen LogP contribution in [0.25, 0.3) is 0 Å². The zero-order valence-corrected chi connectivity index (χ0v) is 18.9. The number of aryl methyl sites for hydroxylation is 1. The summed E-state index contributed by atoms with van der Waals surface area (Å²) in [7, 11) is -2.64. The molecule has 0 bridgehead atoms. The molecule has 0 aliphatic carbocycles. The molecule has 11 heteroatoms. The van der Waals surface area contributed by atoms with E-state index in [0.717, 1.165) is 11.3 Å². The fourth-order valence-corrected chi connectivity index (χ4v) is 5.03. The van der Waals surface area contributed by atoms with Crippen LogP contribution in [0.3, 0.4) is 0 Å². The van der Waals surface area contributed by atoms with Crippen molar-refractivity contribution < 1.29 is 22.7 Å². The second-order valence-electron chi connectivity index (χ2n) is 6.10. The van der Waals surface area contributed by atoms with E-state index in [9.17, 15) is 18.0 Å². The van der Waals surface area contributed by atoms with Crippen molar-refractivity contribution >= 4 is 55.7 Å². The van der Waals surface area contributed by atoms with Crippen LogP contribution in [0, 0.1) is 18.8 Å². The molecule has 2 N–H and O–H groups in total. The number of nitrogens with one attached hydrogen (secondary N) is 2. The van der Waals surface area contributed by atoms with Gasteiger partial charge in [-0.2, -0.15) is 0 Å². The number of amides is 1. The number of nitrogens with zero attached hydrogens (tertiary/aromatic N) is 1. The van der Waals surface area contributed by atoms with Crippen molar-refractivity contribution in [3.63, 3.8) is 0 Å². The summed E-state index contributed by atoms with van der Waals surface area (Å²) in [6.45, 7) is 2.85. The Morgan fingerprint density at radius 1 is 1.33 bits per heavy atom. The highest BCUT2D eigenvalue weighted by atomic mass is 35.5. The molecule has 8 nitrogen and oxygen atoms in total. The number of sulfonamides is 1. The van der Waals surface area contributed by atoms with Crippen LogP contribution in [0.4, 0.5) is 10.8 Å². The highest BCUT2D eigenvalue weighted by Crippen LogP contribution is 2.30. The van der Waals surface area contributed by atoms with Gasteiger partial charge in [0.2, 0.25) is 5.91 Å². The predicted octanol–water partition coefficient (Wildman–Crippen LogP) is 3.56. The van der Waals surface area contributed by atoms with Crippen LogP contribution < -0.4 is 10.0 Å². The molecule has 30 heavy (non-hydrogen) atoms. The largest absolute Gasteiger partial charge is 0.469 e. The molecular weight excluding hydrogens is 450 g/mol. The van der Waals surface area contributed by atoms with Crippen molar-refractivity contribution in [1.29, 1.82) is 0 Å². The van der Waals surface area contributed by atoms with Crippen molar-refractivity contribution in [1.82, 2.24) is 4.98 Å². The van der Waals surface area contributed by atoms with Gasteiger partial charge in [-0.15, -0.1) is 0 Å². The third-order valence-electron chi connectivity index (χ3n) is 3.64. The number of halogens is 1. The van der Waals surface area contributed by atoms with E-state index in [0.29, 0.717) is 23.4 Å². The summed E-state index contributed by atoms with van der Waals surface area (Å²) in [5.74, 6) is 5.13. The standard InChI is InChI=1S/C19H20ClN3O5S2/c1-12-18(29-19(21-12)22-13(2)24)30(26,27)23-16-10-9-15(20)11-14(16)7-5-4-6-8-17(25)28-3/h9-11,23H,4,6,8H2,1-3H3,(H,21,22,24). The van der Waals surface area contributed by atoms with Crippen LogP contribution in [-0.2, 0) is 24.3 Å². The van der Waals surface area contributed by atoms with Gasteiger partial charge in [-0.3, -0.25) is 14.3 Å². The average molecular weight is 470 g/mol. The van der Waals surface area contributed by atoms with Gasteiger partial charge >= 0.3 is 5.97 Å². The van der Waals surface area contributed by atoms with E-state index in [1.165, 1.54) is 20.1 Å². The Bertz CT molecular complexity index is 1120. The number of methoxy groups -OCH3 is 1. The first kappa shape index (κ1) is 23.7. The number of carbonyl (C=O) groups is 2. The van der Waals surface area contributed by atoms with E-state index >= 15 is 0 Å². The van der Waals surface area contributed by atoms with Crippen molar-refractivity contribution in [2.75, 3.05) is 17.1 Å². The number of anilines is 2. The molecule has 0 unspecified atom stereocenters. The smallest absolute Gasteiger partial charge is 0.305 e. The molecule has 0 saturated heterocycles. The molecule has 2 rings (SSSR count). The van der Waals surface area contributed by atoms with E-state index in [-0.39, 0.29) is 39.0 Å². The van der Waals surface area contributed by atoms with E-state index < -0.39 is 10.0 Å². The van der Waals surface area contributed by atoms with Gasteiger partial charge in [0.15, 0.2) is 9.34 Å². The molecule has 0 spiro atoms. The quantitative estimate of drug-likeness (QED) is 0.364. The minimum absolute atomic E-state index is 0.0156. The molecule has 2 aromatic rings. The average Bonchev–Trinajstić information content (AvgIpc) is 3.03. The molecule has 160 valence electrons. The maximum Gasteiger partial charge on any atom is 0.305 e. The van der Waals surface area contributed by atoms with Gasteiger partial charge < -0.3 is 10.1 Å². The number of benzene rings is 1. The van der Waals surface area contributed by atoms with Crippen LogP contribution in [0.5, 0.6) is 0 Å². The summed E-state index contributed by atoms with van der Waals surface area (Å²) < 4.78 is 32.8. The zero-order valence-electron chi connectivity index (χ0n) is 16.5. The molecule has 1 aromatic heterocycles. The summed E-state index contributed by atoms with van der Waals surface area (Å²) >= 11 is 6.88. The number of carbonyl (C=O) groups excluding carboxylic acids is 2. The highest BCUT2D eigenvalue weighted by molar-refractivity contribution is 7.94. The van der Waals surface area contributed by atoms with Crippen molar-refractivity contribution in [3.05, 3.63) is 34.5 Å². The number of rotatable bonds is 7. The summed E-state index contributed by atoms with van der Waals surface area (Å²) in [4.78, 5) is 26.4. The lowest BCUT2D eigenvalue weighted by molar-refractivity contribution is -0.140. The fraction of sp³-hybridized carbons (Fsp3) is 0.316. The molecular formula is C19H20ClN3O5S2. The Morgan fingerprint density at radius 2 is 2.07 bits per heavy atom. The maximum atomic E-state index is 12.9. The Balaban J connectivity index is 2.23. The number of hydrogen-bond donors (Lipinski definition) is 2. The lowest BCUT2D eigenvalue weighted by Gasteiger charge is -2.09. The Kier molecular flexibility index (Phi) is 8.23. The van der Waals surface area contributed by atoms with Crippen LogP contribution >= 0.6 is 22.9 Å². The molecule has 0 atom stereocenters. The molecule has 1 heterocycles. The van der Waals surface area contributed by atoms with E-state index in [1.807, 2.05) is 0 Å². The monoisotopic (exact) mass is 469 g/mol. The molecule has 1 amide bonds. The molecule has 0 radical (unpaired) electrons. The Labute approximate surface area is 184 Å². The Hall–Kier alpha value is -2.61. The third-order valence-corrected chi connectivity index (χ3v) is 6.92.